The average Bonchev–Trinajstić information content (AvgIpc) is 3.08. The van der Waals surface area contributed by atoms with E-state index in [2.05, 4.69) is 46.2 Å². The number of para-hydroxylation sites is 2. The van der Waals surface area contributed by atoms with Crippen LogP contribution in [0.1, 0.15) is 6.92 Å². The second kappa shape index (κ2) is 7.93. The van der Waals surface area contributed by atoms with Crippen LogP contribution >= 0.6 is 23.7 Å². The Morgan fingerprint density at radius 2 is 1.68 bits per heavy atom. The van der Waals surface area contributed by atoms with E-state index in [9.17, 15) is 0 Å². The molecule has 4 rings (SSSR count). The molecule has 0 atom stereocenters. The number of ether oxygens (including phenoxy) is 1. The fourth-order valence-electron chi connectivity index (χ4n) is 3.11. The molecule has 2 aromatic carbocycles. The standard InChI is InChI=1S/C19H21N3OS.ClH/c1-2-23-16-9-6-10-17-18(16)20-19(24-17)22-13-11-21(12-14-22)15-7-4-3-5-8-15;/h3-10H,2,11-14H2,1H3;1H. The van der Waals surface area contributed by atoms with E-state index in [1.54, 1.807) is 11.3 Å². The van der Waals surface area contributed by atoms with Crippen molar-refractivity contribution in [3.63, 3.8) is 0 Å². The van der Waals surface area contributed by atoms with Crippen LogP contribution in [0.2, 0.25) is 0 Å². The van der Waals surface area contributed by atoms with Gasteiger partial charge in [0.15, 0.2) is 5.13 Å². The summed E-state index contributed by atoms with van der Waals surface area (Å²) in [6.07, 6.45) is 0. The van der Waals surface area contributed by atoms with E-state index in [1.165, 1.54) is 10.4 Å². The number of fused-ring (bicyclic) bond motifs is 1. The van der Waals surface area contributed by atoms with Crippen molar-refractivity contribution < 1.29 is 4.74 Å². The quantitative estimate of drug-likeness (QED) is 0.673. The molecule has 4 nitrogen and oxygen atoms in total. The van der Waals surface area contributed by atoms with Gasteiger partial charge in [0.05, 0.1) is 11.3 Å². The number of hydrogen-bond acceptors (Lipinski definition) is 5. The zero-order valence-corrected chi connectivity index (χ0v) is 15.9. The maximum Gasteiger partial charge on any atom is 0.186 e. The molecule has 1 saturated heterocycles. The van der Waals surface area contributed by atoms with E-state index in [0.29, 0.717) is 6.61 Å². The minimum absolute atomic E-state index is 0. The molecule has 0 N–H and O–H groups in total. The van der Waals surface area contributed by atoms with Crippen LogP contribution in [-0.2, 0) is 0 Å². The second-order valence-electron chi connectivity index (χ2n) is 5.84. The Hall–Kier alpha value is -1.98. The van der Waals surface area contributed by atoms with Crippen LogP contribution in [0.4, 0.5) is 10.8 Å². The summed E-state index contributed by atoms with van der Waals surface area (Å²) in [5.74, 6) is 0.889. The molecule has 1 fully saturated rings. The molecule has 1 aliphatic rings. The summed E-state index contributed by atoms with van der Waals surface area (Å²) < 4.78 is 6.91. The topological polar surface area (TPSA) is 28.6 Å². The maximum absolute atomic E-state index is 5.71. The molecule has 0 unspecified atom stereocenters. The lowest BCUT2D eigenvalue weighted by Crippen LogP contribution is -2.46. The number of piperazine rings is 1. The first kappa shape index (κ1) is 17.8. The number of thiazole rings is 1. The van der Waals surface area contributed by atoms with Gasteiger partial charge in [-0.3, -0.25) is 0 Å². The van der Waals surface area contributed by atoms with Gasteiger partial charge in [-0.25, -0.2) is 4.98 Å². The average molecular weight is 376 g/mol. The number of anilines is 2. The van der Waals surface area contributed by atoms with Gasteiger partial charge in [-0.05, 0) is 31.2 Å². The van der Waals surface area contributed by atoms with Crippen LogP contribution in [0.5, 0.6) is 5.75 Å². The SMILES string of the molecule is CCOc1cccc2sc(N3CCN(c4ccccc4)CC3)nc12.Cl. The molecule has 1 aromatic heterocycles. The minimum atomic E-state index is 0. The third-order valence-electron chi connectivity index (χ3n) is 4.34. The van der Waals surface area contributed by atoms with Crippen molar-refractivity contribution in [2.75, 3.05) is 42.6 Å². The highest BCUT2D eigenvalue weighted by Crippen LogP contribution is 2.34. The monoisotopic (exact) mass is 375 g/mol. The number of aromatic nitrogens is 1. The summed E-state index contributed by atoms with van der Waals surface area (Å²) >= 11 is 1.76. The van der Waals surface area contributed by atoms with E-state index in [0.717, 1.165) is 42.6 Å². The summed E-state index contributed by atoms with van der Waals surface area (Å²) in [6, 6.07) is 16.8. The van der Waals surface area contributed by atoms with Gasteiger partial charge in [0.25, 0.3) is 0 Å². The third kappa shape index (κ3) is 3.67. The lowest BCUT2D eigenvalue weighted by molar-refractivity contribution is 0.344. The van der Waals surface area contributed by atoms with Gasteiger partial charge >= 0.3 is 0 Å². The highest BCUT2D eigenvalue weighted by Gasteiger charge is 2.20. The van der Waals surface area contributed by atoms with Gasteiger partial charge in [0.1, 0.15) is 11.3 Å². The molecule has 132 valence electrons. The van der Waals surface area contributed by atoms with E-state index in [1.807, 2.05) is 19.1 Å². The number of halogens is 1. The van der Waals surface area contributed by atoms with Gasteiger partial charge < -0.3 is 14.5 Å². The van der Waals surface area contributed by atoms with Crippen molar-refractivity contribution in [3.8, 4) is 5.75 Å². The Labute approximate surface area is 158 Å². The van der Waals surface area contributed by atoms with E-state index in [4.69, 9.17) is 9.72 Å². The van der Waals surface area contributed by atoms with Crippen LogP contribution in [0.15, 0.2) is 48.5 Å². The van der Waals surface area contributed by atoms with E-state index < -0.39 is 0 Å². The molecular formula is C19H22ClN3OS. The Balaban J connectivity index is 0.00000182. The molecule has 0 amide bonds. The van der Waals surface area contributed by atoms with Crippen LogP contribution in [-0.4, -0.2) is 37.8 Å². The predicted octanol–water partition coefficient (Wildman–Crippen LogP) is 4.44. The first-order valence-electron chi connectivity index (χ1n) is 8.42. The van der Waals surface area contributed by atoms with Crippen molar-refractivity contribution in [2.45, 2.75) is 6.92 Å². The molecule has 2 heterocycles. The van der Waals surface area contributed by atoms with Crippen LogP contribution in [0.25, 0.3) is 10.2 Å². The molecule has 0 bridgehead atoms. The molecule has 0 saturated carbocycles. The van der Waals surface area contributed by atoms with Gasteiger partial charge in [0.2, 0.25) is 0 Å². The van der Waals surface area contributed by atoms with Gasteiger partial charge in [-0.2, -0.15) is 0 Å². The Morgan fingerprint density at radius 1 is 0.960 bits per heavy atom. The van der Waals surface area contributed by atoms with Crippen LogP contribution in [0, 0.1) is 0 Å². The largest absolute Gasteiger partial charge is 0.492 e. The summed E-state index contributed by atoms with van der Waals surface area (Å²) in [7, 11) is 0. The summed E-state index contributed by atoms with van der Waals surface area (Å²) in [5, 5.41) is 1.10. The van der Waals surface area contributed by atoms with Crippen LogP contribution < -0.4 is 14.5 Å². The van der Waals surface area contributed by atoms with E-state index in [-0.39, 0.29) is 12.4 Å². The van der Waals surface area contributed by atoms with Crippen LogP contribution in [0.3, 0.4) is 0 Å². The highest BCUT2D eigenvalue weighted by molar-refractivity contribution is 7.22. The molecular weight excluding hydrogens is 354 g/mol. The summed E-state index contributed by atoms with van der Waals surface area (Å²) in [4.78, 5) is 9.68. The second-order valence-corrected chi connectivity index (χ2v) is 6.85. The van der Waals surface area contributed by atoms with Gasteiger partial charge in [-0.15, -0.1) is 12.4 Å². The molecule has 25 heavy (non-hydrogen) atoms. The number of nitrogens with zero attached hydrogens (tertiary/aromatic N) is 3. The third-order valence-corrected chi connectivity index (χ3v) is 5.42. The van der Waals surface area contributed by atoms with Gasteiger partial charge in [-0.1, -0.05) is 35.6 Å². The lowest BCUT2D eigenvalue weighted by Gasteiger charge is -2.35. The number of benzene rings is 2. The first-order chi connectivity index (χ1) is 11.8. The van der Waals surface area contributed by atoms with E-state index >= 15 is 0 Å². The smallest absolute Gasteiger partial charge is 0.186 e. The molecule has 0 aliphatic carbocycles. The first-order valence-corrected chi connectivity index (χ1v) is 9.24. The van der Waals surface area contributed by atoms with Crippen molar-refractivity contribution >= 4 is 44.8 Å². The van der Waals surface area contributed by atoms with Crippen molar-refractivity contribution in [1.29, 1.82) is 0 Å². The lowest BCUT2D eigenvalue weighted by atomic mass is 10.2. The van der Waals surface area contributed by atoms with Gasteiger partial charge in [0, 0.05) is 31.9 Å². The Morgan fingerprint density at radius 3 is 2.40 bits per heavy atom. The summed E-state index contributed by atoms with van der Waals surface area (Å²) in [5.41, 5.74) is 2.30. The normalized spacial score (nSPS) is 14.4. The highest BCUT2D eigenvalue weighted by atomic mass is 35.5. The van der Waals surface area contributed by atoms with Crippen molar-refractivity contribution in [3.05, 3.63) is 48.5 Å². The predicted molar refractivity (Wildman–Crippen MR) is 109 cm³/mol. The fraction of sp³-hybridized carbons (Fsp3) is 0.316. The fourth-order valence-corrected chi connectivity index (χ4v) is 4.15. The zero-order chi connectivity index (χ0) is 16.4. The molecule has 1 aliphatic heterocycles. The Kier molecular flexibility index (Phi) is 5.66. The molecule has 0 radical (unpaired) electrons. The number of rotatable bonds is 4. The molecule has 6 heteroatoms. The number of hydrogen-bond donors (Lipinski definition) is 0. The minimum Gasteiger partial charge on any atom is -0.492 e. The summed E-state index contributed by atoms with van der Waals surface area (Å²) in [6.45, 7) is 6.73. The molecule has 3 aromatic rings. The Bertz CT molecular complexity index is 816. The zero-order valence-electron chi connectivity index (χ0n) is 14.2. The maximum atomic E-state index is 5.71. The van der Waals surface area contributed by atoms with Crippen molar-refractivity contribution in [1.82, 2.24) is 4.98 Å². The molecule has 0 spiro atoms. The van der Waals surface area contributed by atoms with Crippen molar-refractivity contribution in [2.24, 2.45) is 0 Å².